The summed E-state index contributed by atoms with van der Waals surface area (Å²) in [5.74, 6) is -0.102. The number of halogens is 2. The molecule has 0 atom stereocenters. The molecule has 0 fully saturated rings. The van der Waals surface area contributed by atoms with Crippen molar-refractivity contribution in [2.45, 2.75) is 17.8 Å². The summed E-state index contributed by atoms with van der Waals surface area (Å²) >= 11 is -3.23. The summed E-state index contributed by atoms with van der Waals surface area (Å²) in [5, 5.41) is 8.63. The van der Waals surface area contributed by atoms with Crippen LogP contribution in [-0.4, -0.2) is 33.6 Å². The summed E-state index contributed by atoms with van der Waals surface area (Å²) in [6, 6.07) is 7.28. The Morgan fingerprint density at radius 1 is 1.35 bits per heavy atom. The molecule has 0 bridgehead atoms. The van der Waals surface area contributed by atoms with Crippen LogP contribution in [-0.2, 0) is 4.79 Å². The molecule has 1 aromatic rings. The van der Waals surface area contributed by atoms with Crippen LogP contribution in [0.4, 0.5) is 0 Å². The number of rotatable bonds is 6. The van der Waals surface area contributed by atoms with Crippen molar-refractivity contribution in [2.24, 2.45) is 0 Å². The monoisotopic (exact) mass is 394 g/mol. The summed E-state index contributed by atoms with van der Waals surface area (Å²) < 4.78 is 6.53. The summed E-state index contributed by atoms with van der Waals surface area (Å²) in [4.78, 5) is 10.5. The molecule has 0 unspecified atom stereocenters. The fourth-order valence-electron chi connectivity index (χ4n) is 1.23. The summed E-state index contributed by atoms with van der Waals surface area (Å²) in [5.41, 5.74) is 0. The number of carboxylic acid groups (broad SMARTS) is 1. The van der Waals surface area contributed by atoms with Crippen LogP contribution in [0.2, 0.25) is 4.47 Å². The molecule has 3 nitrogen and oxygen atoms in total. The third kappa shape index (κ3) is 4.93. The second kappa shape index (κ2) is 6.70. The molecule has 0 aromatic heterocycles. The average Bonchev–Trinajstić information content (AvgIpc) is 2.28. The Morgan fingerprint density at radius 2 is 1.94 bits per heavy atom. The van der Waals surface area contributed by atoms with Gasteiger partial charge in [-0.2, -0.15) is 0 Å². The van der Waals surface area contributed by atoms with E-state index in [-0.39, 0.29) is 6.42 Å². The Hall–Kier alpha value is -0.140. The SMILES string of the molecule is CCOc1ccc([Te](Cl)(Cl)CCC(=O)O)cc1. The topological polar surface area (TPSA) is 46.5 Å². The minimum atomic E-state index is -3.23. The summed E-state index contributed by atoms with van der Waals surface area (Å²) in [7, 11) is 12.6. The van der Waals surface area contributed by atoms with E-state index >= 15 is 0 Å². The van der Waals surface area contributed by atoms with E-state index in [0.717, 1.165) is 9.36 Å². The van der Waals surface area contributed by atoms with E-state index in [2.05, 4.69) is 0 Å². The average molecular weight is 393 g/mol. The van der Waals surface area contributed by atoms with E-state index in [1.54, 1.807) is 0 Å². The van der Waals surface area contributed by atoms with Gasteiger partial charge < -0.3 is 0 Å². The van der Waals surface area contributed by atoms with Gasteiger partial charge in [0.1, 0.15) is 0 Å². The second-order valence-corrected chi connectivity index (χ2v) is 17.2. The van der Waals surface area contributed by atoms with Crippen molar-refractivity contribution in [3.05, 3.63) is 24.3 Å². The van der Waals surface area contributed by atoms with E-state index in [1.807, 2.05) is 31.2 Å². The number of ether oxygens (including phenoxy) is 1. The van der Waals surface area contributed by atoms with Crippen LogP contribution in [0.5, 0.6) is 5.75 Å². The van der Waals surface area contributed by atoms with Gasteiger partial charge >= 0.3 is 113 Å². The fraction of sp³-hybridized carbons (Fsp3) is 0.364. The first-order chi connectivity index (χ1) is 7.95. The molecule has 1 aromatic carbocycles. The van der Waals surface area contributed by atoms with Crippen LogP contribution in [0.25, 0.3) is 0 Å². The quantitative estimate of drug-likeness (QED) is 0.757. The molecule has 1 N–H and O–H groups in total. The predicted octanol–water partition coefficient (Wildman–Crippen LogP) is 2.69. The van der Waals surface area contributed by atoms with Crippen molar-refractivity contribution in [3.8, 4) is 5.75 Å². The molecular weight excluding hydrogens is 379 g/mol. The van der Waals surface area contributed by atoms with E-state index < -0.39 is 21.9 Å². The van der Waals surface area contributed by atoms with Crippen molar-refractivity contribution in [1.82, 2.24) is 0 Å². The first-order valence-electron chi connectivity index (χ1n) is 5.10. The Labute approximate surface area is 112 Å². The van der Waals surface area contributed by atoms with Crippen LogP contribution < -0.4 is 8.35 Å². The van der Waals surface area contributed by atoms with E-state index in [4.69, 9.17) is 27.8 Å². The van der Waals surface area contributed by atoms with Gasteiger partial charge in [-0.05, 0) is 0 Å². The van der Waals surface area contributed by atoms with Gasteiger partial charge in [0.05, 0.1) is 0 Å². The summed E-state index contributed by atoms with van der Waals surface area (Å²) in [6.07, 6.45) is 0.0152. The van der Waals surface area contributed by atoms with Gasteiger partial charge in [0, 0.05) is 0 Å². The molecule has 0 saturated carbocycles. The van der Waals surface area contributed by atoms with Gasteiger partial charge in [0.15, 0.2) is 0 Å². The maximum absolute atomic E-state index is 10.5. The van der Waals surface area contributed by atoms with Crippen LogP contribution in [0, 0.1) is 0 Å². The Kier molecular flexibility index (Phi) is 5.88. The van der Waals surface area contributed by atoms with Crippen LogP contribution >= 0.6 is 17.9 Å². The molecular formula is C11H14Cl2O3Te. The molecule has 0 heterocycles. The number of carboxylic acids is 1. The fourth-order valence-corrected chi connectivity index (χ4v) is 7.08. The zero-order chi connectivity index (χ0) is 12.9. The number of hydrogen-bond acceptors (Lipinski definition) is 2. The molecule has 0 saturated heterocycles. The predicted molar refractivity (Wildman–Crippen MR) is 71.8 cm³/mol. The number of benzene rings is 1. The number of hydrogen-bond donors (Lipinski definition) is 1. The minimum absolute atomic E-state index is 0.0152. The van der Waals surface area contributed by atoms with Crippen LogP contribution in [0.15, 0.2) is 24.3 Å². The van der Waals surface area contributed by atoms with Gasteiger partial charge in [0.2, 0.25) is 0 Å². The van der Waals surface area contributed by atoms with Crippen molar-refractivity contribution >= 4 is 43.4 Å². The van der Waals surface area contributed by atoms with Crippen molar-refractivity contribution in [3.63, 3.8) is 0 Å². The molecule has 0 aliphatic carbocycles. The normalized spacial score (nSPS) is 12.2. The second-order valence-electron chi connectivity index (χ2n) is 3.33. The number of aliphatic carboxylic acids is 1. The Morgan fingerprint density at radius 3 is 2.41 bits per heavy atom. The zero-order valence-electron chi connectivity index (χ0n) is 9.36. The Balaban J connectivity index is 2.73. The maximum atomic E-state index is 10.5. The van der Waals surface area contributed by atoms with Gasteiger partial charge in [-0.15, -0.1) is 0 Å². The zero-order valence-corrected chi connectivity index (χ0v) is 13.2. The molecule has 6 heteroatoms. The van der Waals surface area contributed by atoms with Gasteiger partial charge in [-0.25, -0.2) is 0 Å². The molecule has 96 valence electrons. The van der Waals surface area contributed by atoms with Gasteiger partial charge in [-0.3, -0.25) is 0 Å². The molecule has 0 spiro atoms. The van der Waals surface area contributed by atoms with Crippen molar-refractivity contribution in [1.29, 1.82) is 0 Å². The third-order valence-corrected chi connectivity index (χ3v) is 11.3. The molecule has 0 aliphatic rings. The molecule has 0 radical (unpaired) electrons. The van der Waals surface area contributed by atoms with Gasteiger partial charge in [-0.1, -0.05) is 0 Å². The van der Waals surface area contributed by atoms with Crippen molar-refractivity contribution in [2.75, 3.05) is 6.61 Å². The third-order valence-electron chi connectivity index (χ3n) is 2.05. The van der Waals surface area contributed by atoms with Crippen LogP contribution in [0.1, 0.15) is 13.3 Å². The molecule has 17 heavy (non-hydrogen) atoms. The summed E-state index contributed by atoms with van der Waals surface area (Å²) in [6.45, 7) is 2.51. The molecule has 0 amide bonds. The Bertz CT molecular complexity index is 379. The molecule has 0 aliphatic heterocycles. The van der Waals surface area contributed by atoms with Crippen LogP contribution in [0.3, 0.4) is 0 Å². The standard InChI is InChI=1S/C11H14Cl2O3Te/c1-2-16-9-3-5-10(6-4-9)17(12,13)8-7-11(14)15/h3-6H,2,7-8H2,1H3,(H,14,15). The number of carbonyl (C=O) groups is 1. The first-order valence-corrected chi connectivity index (χ1v) is 13.8. The molecule has 1 rings (SSSR count). The first kappa shape index (κ1) is 14.9. The van der Waals surface area contributed by atoms with E-state index in [0.29, 0.717) is 11.1 Å². The van der Waals surface area contributed by atoms with Gasteiger partial charge in [0.25, 0.3) is 0 Å². The van der Waals surface area contributed by atoms with E-state index in [9.17, 15) is 4.79 Å². The van der Waals surface area contributed by atoms with E-state index in [1.165, 1.54) is 0 Å². The van der Waals surface area contributed by atoms with Crippen molar-refractivity contribution < 1.29 is 14.6 Å².